The van der Waals surface area contributed by atoms with Crippen molar-refractivity contribution in [1.82, 2.24) is 4.98 Å². The molecular weight excluding hydrogens is 353 g/mol. The second-order valence-corrected chi connectivity index (χ2v) is 6.23. The van der Waals surface area contributed by atoms with Crippen LogP contribution in [-0.4, -0.2) is 4.98 Å². The van der Waals surface area contributed by atoms with Crippen LogP contribution in [0.3, 0.4) is 0 Å². The Labute approximate surface area is 127 Å². The maximum absolute atomic E-state index is 12.9. The molecule has 108 valence electrons. The number of nitrogens with one attached hydrogen (secondary N) is 1. The standard InChI is InChI=1S/C13H12BrF3N2S/c1-2-9-6-19-12(20-9)7-18-11-4-3-8(14)5-10(11)13(15,16)17/h3-6,18H,2,7H2,1H3. The highest BCUT2D eigenvalue weighted by Gasteiger charge is 2.33. The van der Waals surface area contributed by atoms with Crippen LogP contribution < -0.4 is 5.32 Å². The molecule has 0 spiro atoms. The first-order valence-electron chi connectivity index (χ1n) is 5.94. The number of rotatable bonds is 4. The van der Waals surface area contributed by atoms with Crippen molar-refractivity contribution in [2.75, 3.05) is 5.32 Å². The van der Waals surface area contributed by atoms with Gasteiger partial charge in [-0.05, 0) is 24.6 Å². The predicted molar refractivity (Wildman–Crippen MR) is 78.0 cm³/mol. The van der Waals surface area contributed by atoms with Gasteiger partial charge in [0, 0.05) is 21.2 Å². The Kier molecular flexibility index (Phi) is 4.70. The van der Waals surface area contributed by atoms with E-state index in [0.29, 0.717) is 4.47 Å². The number of halogens is 4. The zero-order valence-electron chi connectivity index (χ0n) is 10.6. The minimum absolute atomic E-state index is 0.0638. The number of anilines is 1. The lowest BCUT2D eigenvalue weighted by Gasteiger charge is -2.14. The van der Waals surface area contributed by atoms with Gasteiger partial charge in [0.05, 0.1) is 12.1 Å². The molecule has 1 aromatic heterocycles. The van der Waals surface area contributed by atoms with Crippen LogP contribution in [0.25, 0.3) is 0 Å². The summed E-state index contributed by atoms with van der Waals surface area (Å²) >= 11 is 4.56. The van der Waals surface area contributed by atoms with E-state index in [-0.39, 0.29) is 12.2 Å². The molecule has 20 heavy (non-hydrogen) atoms. The number of thiazole rings is 1. The lowest BCUT2D eigenvalue weighted by Crippen LogP contribution is -2.10. The summed E-state index contributed by atoms with van der Waals surface area (Å²) in [6, 6.07) is 4.07. The lowest BCUT2D eigenvalue weighted by atomic mass is 10.1. The third-order valence-corrected chi connectivity index (χ3v) is 4.30. The van der Waals surface area contributed by atoms with Crippen molar-refractivity contribution >= 4 is 33.0 Å². The van der Waals surface area contributed by atoms with Gasteiger partial charge in [0.2, 0.25) is 0 Å². The molecule has 0 saturated heterocycles. The Bertz CT molecular complexity index is 596. The van der Waals surface area contributed by atoms with Crippen LogP contribution in [0.4, 0.5) is 18.9 Å². The van der Waals surface area contributed by atoms with Crippen molar-refractivity contribution in [3.8, 4) is 0 Å². The average Bonchev–Trinajstić information content (AvgIpc) is 2.84. The summed E-state index contributed by atoms with van der Waals surface area (Å²) in [5, 5.41) is 3.58. The van der Waals surface area contributed by atoms with Gasteiger partial charge in [-0.1, -0.05) is 22.9 Å². The average molecular weight is 365 g/mol. The molecule has 7 heteroatoms. The van der Waals surface area contributed by atoms with Gasteiger partial charge in [-0.25, -0.2) is 4.98 Å². The molecule has 0 saturated carbocycles. The Morgan fingerprint density at radius 3 is 2.70 bits per heavy atom. The van der Waals surface area contributed by atoms with Gasteiger partial charge >= 0.3 is 6.18 Å². The van der Waals surface area contributed by atoms with Crippen molar-refractivity contribution in [2.24, 2.45) is 0 Å². The molecular formula is C13H12BrF3N2S. The monoisotopic (exact) mass is 364 g/mol. The second-order valence-electron chi connectivity index (χ2n) is 4.12. The van der Waals surface area contributed by atoms with E-state index >= 15 is 0 Å². The second kappa shape index (κ2) is 6.13. The normalized spacial score (nSPS) is 11.7. The van der Waals surface area contributed by atoms with E-state index in [4.69, 9.17) is 0 Å². The van der Waals surface area contributed by atoms with E-state index in [9.17, 15) is 13.2 Å². The predicted octanol–water partition coefficient (Wildman–Crippen LogP) is 5.10. The number of alkyl halides is 3. The van der Waals surface area contributed by atoms with Gasteiger partial charge in [-0.3, -0.25) is 0 Å². The number of hydrogen-bond donors (Lipinski definition) is 1. The third kappa shape index (κ3) is 3.73. The molecule has 0 fully saturated rings. The quantitative estimate of drug-likeness (QED) is 0.816. The zero-order valence-corrected chi connectivity index (χ0v) is 13.0. The van der Waals surface area contributed by atoms with Crippen LogP contribution in [0.5, 0.6) is 0 Å². The topological polar surface area (TPSA) is 24.9 Å². The van der Waals surface area contributed by atoms with E-state index in [0.717, 1.165) is 22.4 Å². The number of benzene rings is 1. The summed E-state index contributed by atoms with van der Waals surface area (Å²) in [7, 11) is 0. The molecule has 2 aromatic rings. The van der Waals surface area contributed by atoms with Gasteiger partial charge < -0.3 is 5.32 Å². The van der Waals surface area contributed by atoms with Crippen molar-refractivity contribution in [3.63, 3.8) is 0 Å². The molecule has 2 nitrogen and oxygen atoms in total. The van der Waals surface area contributed by atoms with Gasteiger partial charge in [0.15, 0.2) is 0 Å². The largest absolute Gasteiger partial charge is 0.418 e. The molecule has 0 aliphatic heterocycles. The van der Waals surface area contributed by atoms with Gasteiger partial charge in [-0.15, -0.1) is 11.3 Å². The minimum atomic E-state index is -4.39. The smallest absolute Gasteiger partial charge is 0.378 e. The van der Waals surface area contributed by atoms with Gasteiger partial charge in [0.1, 0.15) is 5.01 Å². The first-order chi connectivity index (χ1) is 9.40. The summed E-state index contributed by atoms with van der Waals surface area (Å²) in [5.74, 6) is 0. The molecule has 0 aliphatic carbocycles. The van der Waals surface area contributed by atoms with Gasteiger partial charge in [-0.2, -0.15) is 13.2 Å². The number of hydrogen-bond acceptors (Lipinski definition) is 3. The highest BCUT2D eigenvalue weighted by Crippen LogP contribution is 2.36. The van der Waals surface area contributed by atoms with E-state index in [1.807, 2.05) is 6.92 Å². The first-order valence-corrected chi connectivity index (χ1v) is 7.55. The fraction of sp³-hybridized carbons (Fsp3) is 0.308. The maximum Gasteiger partial charge on any atom is 0.418 e. The van der Waals surface area contributed by atoms with Crippen LogP contribution in [0.2, 0.25) is 0 Å². The summed E-state index contributed by atoms with van der Waals surface area (Å²) < 4.78 is 39.2. The van der Waals surface area contributed by atoms with Crippen molar-refractivity contribution in [3.05, 3.63) is 44.3 Å². The summed E-state index contributed by atoms with van der Waals surface area (Å²) in [6.07, 6.45) is -1.75. The number of aryl methyl sites for hydroxylation is 1. The number of aromatic nitrogens is 1. The Morgan fingerprint density at radius 1 is 1.35 bits per heavy atom. The third-order valence-electron chi connectivity index (χ3n) is 2.67. The van der Waals surface area contributed by atoms with E-state index in [1.165, 1.54) is 17.4 Å². The van der Waals surface area contributed by atoms with E-state index in [2.05, 4.69) is 26.2 Å². The fourth-order valence-electron chi connectivity index (χ4n) is 1.67. The molecule has 0 amide bonds. The summed E-state index contributed by atoms with van der Waals surface area (Å²) in [6.45, 7) is 2.30. The van der Waals surface area contributed by atoms with Crippen LogP contribution >= 0.6 is 27.3 Å². The van der Waals surface area contributed by atoms with E-state index in [1.54, 1.807) is 12.3 Å². The first kappa shape index (κ1) is 15.3. The van der Waals surface area contributed by atoms with Crippen LogP contribution in [0.1, 0.15) is 22.4 Å². The van der Waals surface area contributed by atoms with Crippen LogP contribution in [-0.2, 0) is 19.1 Å². The van der Waals surface area contributed by atoms with E-state index < -0.39 is 11.7 Å². The molecule has 2 rings (SSSR count). The Morgan fingerprint density at radius 2 is 2.10 bits per heavy atom. The summed E-state index contributed by atoms with van der Waals surface area (Å²) in [5.41, 5.74) is -0.618. The van der Waals surface area contributed by atoms with Crippen LogP contribution in [0, 0.1) is 0 Å². The molecule has 0 unspecified atom stereocenters. The van der Waals surface area contributed by atoms with Crippen molar-refractivity contribution in [2.45, 2.75) is 26.1 Å². The Hall–Kier alpha value is -1.08. The Balaban J connectivity index is 2.17. The molecule has 0 radical (unpaired) electrons. The molecule has 0 aliphatic rings. The summed E-state index contributed by atoms with van der Waals surface area (Å²) in [4.78, 5) is 5.30. The van der Waals surface area contributed by atoms with Crippen LogP contribution in [0.15, 0.2) is 28.9 Å². The lowest BCUT2D eigenvalue weighted by molar-refractivity contribution is -0.137. The van der Waals surface area contributed by atoms with Gasteiger partial charge in [0.25, 0.3) is 0 Å². The molecule has 1 aromatic carbocycles. The SMILES string of the molecule is CCc1cnc(CNc2ccc(Br)cc2C(F)(F)F)s1. The molecule has 1 heterocycles. The van der Waals surface area contributed by atoms with Crippen molar-refractivity contribution in [1.29, 1.82) is 0 Å². The fourth-order valence-corrected chi connectivity index (χ4v) is 2.83. The highest BCUT2D eigenvalue weighted by molar-refractivity contribution is 9.10. The zero-order chi connectivity index (χ0) is 14.8. The molecule has 0 bridgehead atoms. The van der Waals surface area contributed by atoms with Crippen molar-refractivity contribution < 1.29 is 13.2 Å². The molecule has 1 N–H and O–H groups in total. The molecule has 0 atom stereocenters. The minimum Gasteiger partial charge on any atom is -0.378 e. The number of nitrogens with zero attached hydrogens (tertiary/aromatic N) is 1. The highest BCUT2D eigenvalue weighted by atomic mass is 79.9. The maximum atomic E-state index is 12.9.